The van der Waals surface area contributed by atoms with Gasteiger partial charge in [-0.3, -0.25) is 0 Å². The quantitative estimate of drug-likeness (QED) is 0.237. The van der Waals surface area contributed by atoms with Crippen molar-refractivity contribution < 1.29 is 9.47 Å². The van der Waals surface area contributed by atoms with Crippen LogP contribution >= 0.6 is 11.8 Å². The zero-order valence-electron chi connectivity index (χ0n) is 18.8. The van der Waals surface area contributed by atoms with Crippen LogP contribution in [0.4, 0.5) is 0 Å². The molecule has 0 saturated heterocycles. The number of ether oxygens (including phenoxy) is 2. The predicted octanol–water partition coefficient (Wildman–Crippen LogP) is 6.69. The molecule has 3 heteroatoms. The third-order valence-corrected chi connectivity index (χ3v) is 5.20. The SMILES string of the molecule is COCCCCC#C/C(=C\C#CCSc1ccccc1)C(OC(C)C)c1ccccc1. The first kappa shape index (κ1) is 24.8. The van der Waals surface area contributed by atoms with Gasteiger partial charge in [0.25, 0.3) is 0 Å². The Morgan fingerprint density at radius 2 is 1.68 bits per heavy atom. The van der Waals surface area contributed by atoms with Crippen LogP contribution in [0.15, 0.2) is 77.2 Å². The Bertz CT molecular complexity index is 896. The third-order valence-electron chi connectivity index (χ3n) is 4.31. The van der Waals surface area contributed by atoms with Gasteiger partial charge in [-0.15, -0.1) is 11.8 Å². The molecule has 0 aliphatic rings. The van der Waals surface area contributed by atoms with Crippen LogP contribution in [0.3, 0.4) is 0 Å². The minimum atomic E-state index is -0.219. The van der Waals surface area contributed by atoms with E-state index in [0.29, 0.717) is 0 Å². The number of hydrogen-bond donors (Lipinski definition) is 0. The zero-order valence-corrected chi connectivity index (χ0v) is 19.6. The van der Waals surface area contributed by atoms with E-state index >= 15 is 0 Å². The molecule has 0 aliphatic heterocycles. The van der Waals surface area contributed by atoms with Gasteiger partial charge < -0.3 is 9.47 Å². The molecule has 1 atom stereocenters. The Morgan fingerprint density at radius 1 is 0.968 bits per heavy atom. The number of benzene rings is 2. The molecule has 2 nitrogen and oxygen atoms in total. The van der Waals surface area contributed by atoms with E-state index in [1.807, 2.05) is 56.3 Å². The molecule has 0 spiro atoms. The van der Waals surface area contributed by atoms with Crippen LogP contribution in [-0.4, -0.2) is 25.6 Å². The Balaban J connectivity index is 2.16. The second-order valence-corrected chi connectivity index (χ2v) is 8.30. The number of thioether (sulfide) groups is 1. The van der Waals surface area contributed by atoms with Crippen LogP contribution in [-0.2, 0) is 9.47 Å². The van der Waals surface area contributed by atoms with Gasteiger partial charge in [0, 0.05) is 36.7 Å². The first-order chi connectivity index (χ1) is 15.2. The standard InChI is InChI=1S/C28H32O2S/c1-24(2)30-28(25-17-9-6-10-18-25)26(16-8-4-5-14-22-29-3)19-13-15-23-31-27-20-11-7-12-21-27/h6-7,9-12,17-21,24,28H,4-5,14,22-23H2,1-3H3/b26-19+. The number of methoxy groups -OCH3 is 1. The fourth-order valence-corrected chi connectivity index (χ4v) is 3.51. The molecule has 0 radical (unpaired) electrons. The molecule has 0 N–H and O–H groups in total. The van der Waals surface area contributed by atoms with E-state index in [2.05, 4.69) is 47.9 Å². The number of hydrogen-bond acceptors (Lipinski definition) is 3. The monoisotopic (exact) mass is 432 g/mol. The van der Waals surface area contributed by atoms with Crippen LogP contribution in [0.5, 0.6) is 0 Å². The van der Waals surface area contributed by atoms with Gasteiger partial charge >= 0.3 is 0 Å². The Kier molecular flexibility index (Phi) is 12.3. The highest BCUT2D eigenvalue weighted by molar-refractivity contribution is 7.99. The van der Waals surface area contributed by atoms with Gasteiger partial charge in [-0.05, 0) is 44.4 Å². The summed E-state index contributed by atoms with van der Waals surface area (Å²) in [6, 6.07) is 20.6. The summed E-state index contributed by atoms with van der Waals surface area (Å²) in [5.74, 6) is 13.8. The lowest BCUT2D eigenvalue weighted by molar-refractivity contribution is 0.0306. The van der Waals surface area contributed by atoms with E-state index in [1.54, 1.807) is 18.9 Å². The van der Waals surface area contributed by atoms with Crippen molar-refractivity contribution in [3.05, 3.63) is 77.9 Å². The van der Waals surface area contributed by atoms with Crippen LogP contribution in [0.1, 0.15) is 44.8 Å². The van der Waals surface area contributed by atoms with Gasteiger partial charge in [-0.25, -0.2) is 0 Å². The van der Waals surface area contributed by atoms with E-state index < -0.39 is 0 Å². The number of rotatable bonds is 10. The highest BCUT2D eigenvalue weighted by Gasteiger charge is 2.17. The smallest absolute Gasteiger partial charge is 0.116 e. The fourth-order valence-electron chi connectivity index (χ4n) is 2.84. The normalized spacial score (nSPS) is 11.9. The van der Waals surface area contributed by atoms with E-state index in [9.17, 15) is 0 Å². The summed E-state index contributed by atoms with van der Waals surface area (Å²) in [5.41, 5.74) is 2.00. The van der Waals surface area contributed by atoms with Crippen molar-refractivity contribution in [3.8, 4) is 23.7 Å². The van der Waals surface area contributed by atoms with Gasteiger partial charge in [0.05, 0.1) is 11.9 Å². The molecular weight excluding hydrogens is 400 g/mol. The van der Waals surface area contributed by atoms with Crippen LogP contribution in [0.2, 0.25) is 0 Å². The predicted molar refractivity (Wildman–Crippen MR) is 132 cm³/mol. The summed E-state index contributed by atoms with van der Waals surface area (Å²) in [6.07, 6.45) is 4.66. The Hall–Kier alpha value is -2.43. The molecular formula is C28H32O2S. The molecule has 0 aliphatic carbocycles. The van der Waals surface area contributed by atoms with E-state index in [4.69, 9.17) is 9.47 Å². The lowest BCUT2D eigenvalue weighted by atomic mass is 10.0. The van der Waals surface area contributed by atoms with E-state index in [-0.39, 0.29) is 12.2 Å². The highest BCUT2D eigenvalue weighted by atomic mass is 32.2. The molecule has 0 aromatic heterocycles. The summed E-state index contributed by atoms with van der Waals surface area (Å²) in [4.78, 5) is 1.22. The summed E-state index contributed by atoms with van der Waals surface area (Å²) >= 11 is 1.73. The Morgan fingerprint density at radius 3 is 2.35 bits per heavy atom. The summed E-state index contributed by atoms with van der Waals surface area (Å²) in [6.45, 7) is 4.87. The molecule has 31 heavy (non-hydrogen) atoms. The average molecular weight is 433 g/mol. The number of allylic oxidation sites excluding steroid dienone is 1. The maximum Gasteiger partial charge on any atom is 0.116 e. The molecule has 0 heterocycles. The molecule has 2 aromatic carbocycles. The molecule has 2 aromatic rings. The van der Waals surface area contributed by atoms with Crippen molar-refractivity contribution in [2.75, 3.05) is 19.5 Å². The maximum absolute atomic E-state index is 6.26. The average Bonchev–Trinajstić information content (AvgIpc) is 2.79. The second kappa shape index (κ2) is 15.4. The molecule has 162 valence electrons. The first-order valence-corrected chi connectivity index (χ1v) is 11.7. The van der Waals surface area contributed by atoms with Crippen molar-refractivity contribution in [2.24, 2.45) is 0 Å². The van der Waals surface area contributed by atoms with E-state index in [0.717, 1.165) is 42.8 Å². The van der Waals surface area contributed by atoms with Gasteiger partial charge in [0.2, 0.25) is 0 Å². The topological polar surface area (TPSA) is 18.5 Å². The molecule has 0 amide bonds. The van der Waals surface area contributed by atoms with Crippen molar-refractivity contribution in [3.63, 3.8) is 0 Å². The maximum atomic E-state index is 6.26. The van der Waals surface area contributed by atoms with Gasteiger partial charge in [-0.1, -0.05) is 72.2 Å². The number of unbranched alkanes of at least 4 members (excludes halogenated alkanes) is 2. The van der Waals surface area contributed by atoms with E-state index in [1.165, 1.54) is 4.90 Å². The summed E-state index contributed by atoms with van der Waals surface area (Å²) in [5, 5.41) is 0. The molecule has 2 rings (SSSR count). The van der Waals surface area contributed by atoms with Crippen molar-refractivity contribution in [1.29, 1.82) is 0 Å². The lowest BCUT2D eigenvalue weighted by Gasteiger charge is -2.20. The summed E-state index contributed by atoms with van der Waals surface area (Å²) < 4.78 is 11.4. The Labute approximate surface area is 192 Å². The first-order valence-electron chi connectivity index (χ1n) is 10.7. The minimum absolute atomic E-state index is 0.0821. The lowest BCUT2D eigenvalue weighted by Crippen LogP contribution is -2.12. The fraction of sp³-hybridized carbons (Fsp3) is 0.357. The zero-order chi connectivity index (χ0) is 22.2. The van der Waals surface area contributed by atoms with Gasteiger partial charge in [0.15, 0.2) is 0 Å². The van der Waals surface area contributed by atoms with Crippen molar-refractivity contribution in [1.82, 2.24) is 0 Å². The van der Waals surface area contributed by atoms with Gasteiger partial charge in [-0.2, -0.15) is 0 Å². The molecule has 0 saturated carbocycles. The minimum Gasteiger partial charge on any atom is -0.385 e. The molecule has 0 fully saturated rings. The van der Waals surface area contributed by atoms with Crippen LogP contribution in [0, 0.1) is 23.7 Å². The molecule has 1 unspecified atom stereocenters. The van der Waals surface area contributed by atoms with Crippen LogP contribution in [0.25, 0.3) is 0 Å². The molecule has 0 bridgehead atoms. The van der Waals surface area contributed by atoms with Crippen molar-refractivity contribution >= 4 is 11.8 Å². The van der Waals surface area contributed by atoms with Crippen molar-refractivity contribution in [2.45, 2.75) is 50.2 Å². The third kappa shape index (κ3) is 10.4. The van der Waals surface area contributed by atoms with Crippen LogP contribution < -0.4 is 0 Å². The summed E-state index contributed by atoms with van der Waals surface area (Å²) in [7, 11) is 1.73. The van der Waals surface area contributed by atoms with Gasteiger partial charge in [0.1, 0.15) is 6.10 Å². The highest BCUT2D eigenvalue weighted by Crippen LogP contribution is 2.27. The second-order valence-electron chi connectivity index (χ2n) is 7.25. The largest absolute Gasteiger partial charge is 0.385 e.